The third-order valence-corrected chi connectivity index (χ3v) is 6.68. The number of hydrogen-bond donors (Lipinski definition) is 2. The zero-order valence-electron chi connectivity index (χ0n) is 20.6. The van der Waals surface area contributed by atoms with Gasteiger partial charge in [0.25, 0.3) is 0 Å². The van der Waals surface area contributed by atoms with Crippen LogP contribution in [0.3, 0.4) is 0 Å². The van der Waals surface area contributed by atoms with E-state index in [2.05, 4.69) is 5.32 Å². The molecule has 4 rings (SSSR count). The van der Waals surface area contributed by atoms with E-state index in [1.54, 1.807) is 19.1 Å². The molecule has 1 aromatic heterocycles. The van der Waals surface area contributed by atoms with Crippen molar-refractivity contribution in [1.82, 2.24) is 0 Å². The van der Waals surface area contributed by atoms with E-state index in [9.17, 15) is 19.5 Å². The van der Waals surface area contributed by atoms with Gasteiger partial charge in [-0.2, -0.15) is 0 Å². The maximum atomic E-state index is 12.6. The number of esters is 1. The molecule has 0 atom stereocenters. The number of benzene rings is 3. The predicted molar refractivity (Wildman–Crippen MR) is 146 cm³/mol. The summed E-state index contributed by atoms with van der Waals surface area (Å²) in [5.74, 6) is -0.585. The SMILES string of the molecule is CCOC(=O)Cc1ccc(CC(=O)Nc2cc(-c3ccc(-c4ccc(C(C)=O)c(O)c4)cc3)cs2)cc1. The molecule has 1 heterocycles. The maximum Gasteiger partial charge on any atom is 0.310 e. The Morgan fingerprint density at radius 1 is 0.811 bits per heavy atom. The Labute approximate surface area is 219 Å². The van der Waals surface area contributed by atoms with Crippen LogP contribution in [0.5, 0.6) is 5.75 Å². The molecule has 2 N–H and O–H groups in total. The summed E-state index contributed by atoms with van der Waals surface area (Å²) in [4.78, 5) is 35.7. The third-order valence-electron chi connectivity index (χ3n) is 5.83. The molecule has 0 spiro atoms. The predicted octanol–water partition coefficient (Wildman–Crippen LogP) is 6.28. The van der Waals surface area contributed by atoms with E-state index in [1.807, 2.05) is 66.0 Å². The van der Waals surface area contributed by atoms with Crippen molar-refractivity contribution in [3.63, 3.8) is 0 Å². The summed E-state index contributed by atoms with van der Waals surface area (Å²) in [6.07, 6.45) is 0.449. The van der Waals surface area contributed by atoms with Gasteiger partial charge in [0, 0.05) is 5.38 Å². The number of phenolic OH excluding ortho intramolecular Hbond substituents is 1. The summed E-state index contributed by atoms with van der Waals surface area (Å²) in [5, 5.41) is 15.8. The van der Waals surface area contributed by atoms with Gasteiger partial charge >= 0.3 is 5.97 Å². The van der Waals surface area contributed by atoms with Crippen molar-refractivity contribution in [2.75, 3.05) is 11.9 Å². The van der Waals surface area contributed by atoms with Crippen molar-refractivity contribution in [1.29, 1.82) is 0 Å². The van der Waals surface area contributed by atoms with Crippen molar-refractivity contribution in [2.24, 2.45) is 0 Å². The Hall–Kier alpha value is -4.23. The van der Waals surface area contributed by atoms with Gasteiger partial charge in [0.05, 0.1) is 30.0 Å². The minimum absolute atomic E-state index is 0.0279. The van der Waals surface area contributed by atoms with Gasteiger partial charge in [-0.3, -0.25) is 14.4 Å². The van der Waals surface area contributed by atoms with E-state index < -0.39 is 0 Å². The Morgan fingerprint density at radius 2 is 1.41 bits per heavy atom. The summed E-state index contributed by atoms with van der Waals surface area (Å²) in [7, 11) is 0. The number of ether oxygens (including phenoxy) is 1. The van der Waals surface area contributed by atoms with Crippen LogP contribution >= 0.6 is 11.3 Å². The molecule has 0 fully saturated rings. The molecule has 0 unspecified atom stereocenters. The average molecular weight is 514 g/mol. The van der Waals surface area contributed by atoms with Crippen molar-refractivity contribution in [3.8, 4) is 28.0 Å². The molecule has 0 aliphatic carbocycles. The number of ketones is 1. The lowest BCUT2D eigenvalue weighted by Gasteiger charge is -2.07. The van der Waals surface area contributed by atoms with Gasteiger partial charge in [-0.05, 0) is 65.4 Å². The molecule has 37 heavy (non-hydrogen) atoms. The number of phenols is 1. The Kier molecular flexibility index (Phi) is 8.15. The van der Waals surface area contributed by atoms with Crippen LogP contribution in [0.15, 0.2) is 78.2 Å². The fraction of sp³-hybridized carbons (Fsp3) is 0.167. The van der Waals surface area contributed by atoms with E-state index in [-0.39, 0.29) is 36.3 Å². The number of rotatable bonds is 9. The molecule has 188 valence electrons. The zero-order valence-corrected chi connectivity index (χ0v) is 21.4. The van der Waals surface area contributed by atoms with Crippen molar-refractivity contribution in [2.45, 2.75) is 26.7 Å². The average Bonchev–Trinajstić information content (AvgIpc) is 3.33. The zero-order chi connectivity index (χ0) is 26.4. The van der Waals surface area contributed by atoms with E-state index in [1.165, 1.54) is 18.3 Å². The maximum absolute atomic E-state index is 12.6. The number of nitrogens with one attached hydrogen (secondary N) is 1. The van der Waals surface area contributed by atoms with Crippen LogP contribution in [0.1, 0.15) is 35.3 Å². The first kappa shape index (κ1) is 25.9. The van der Waals surface area contributed by atoms with Crippen LogP contribution in [0.2, 0.25) is 0 Å². The van der Waals surface area contributed by atoms with Crippen molar-refractivity contribution in [3.05, 3.63) is 94.9 Å². The Bertz CT molecular complexity index is 1420. The molecular weight excluding hydrogens is 486 g/mol. The monoisotopic (exact) mass is 513 g/mol. The minimum Gasteiger partial charge on any atom is -0.507 e. The van der Waals surface area contributed by atoms with Crippen LogP contribution in [-0.2, 0) is 27.2 Å². The molecule has 7 heteroatoms. The van der Waals surface area contributed by atoms with Gasteiger partial charge < -0.3 is 15.2 Å². The van der Waals surface area contributed by atoms with Gasteiger partial charge in [0.15, 0.2) is 5.78 Å². The number of aromatic hydroxyl groups is 1. The second-order valence-electron chi connectivity index (χ2n) is 8.59. The van der Waals surface area contributed by atoms with Crippen LogP contribution in [0.25, 0.3) is 22.3 Å². The minimum atomic E-state index is -0.265. The van der Waals surface area contributed by atoms with Gasteiger partial charge in [-0.15, -0.1) is 11.3 Å². The fourth-order valence-electron chi connectivity index (χ4n) is 3.94. The third kappa shape index (κ3) is 6.71. The molecule has 0 saturated heterocycles. The number of hydrogen-bond acceptors (Lipinski definition) is 6. The first-order valence-electron chi connectivity index (χ1n) is 11.9. The van der Waals surface area contributed by atoms with E-state index >= 15 is 0 Å². The lowest BCUT2D eigenvalue weighted by Crippen LogP contribution is -2.13. The molecule has 1 amide bonds. The number of anilines is 1. The highest BCUT2D eigenvalue weighted by molar-refractivity contribution is 7.14. The number of amides is 1. The molecule has 4 aromatic rings. The van der Waals surface area contributed by atoms with E-state index in [0.29, 0.717) is 12.2 Å². The summed E-state index contributed by atoms with van der Waals surface area (Å²) in [5.41, 5.74) is 5.75. The molecule has 3 aromatic carbocycles. The highest BCUT2D eigenvalue weighted by Crippen LogP contribution is 2.32. The first-order chi connectivity index (χ1) is 17.8. The molecule has 0 bridgehead atoms. The number of thiophene rings is 1. The van der Waals surface area contributed by atoms with Crippen LogP contribution < -0.4 is 5.32 Å². The summed E-state index contributed by atoms with van der Waals surface area (Å²) >= 11 is 1.46. The summed E-state index contributed by atoms with van der Waals surface area (Å²) in [6.45, 7) is 3.56. The molecule has 0 saturated carbocycles. The Morgan fingerprint density at radius 3 is 2.00 bits per heavy atom. The molecule has 0 aliphatic heterocycles. The lowest BCUT2D eigenvalue weighted by atomic mass is 9.99. The largest absolute Gasteiger partial charge is 0.507 e. The number of Topliss-reactive ketones (excluding diaryl/α,β-unsaturated/α-hetero) is 1. The van der Waals surface area contributed by atoms with Gasteiger partial charge in [-0.1, -0.05) is 54.6 Å². The molecule has 6 nitrogen and oxygen atoms in total. The smallest absolute Gasteiger partial charge is 0.310 e. The van der Waals surface area contributed by atoms with Crippen LogP contribution in [-0.4, -0.2) is 29.4 Å². The van der Waals surface area contributed by atoms with Gasteiger partial charge in [-0.25, -0.2) is 0 Å². The normalized spacial score (nSPS) is 10.6. The molecule has 0 aliphatic rings. The highest BCUT2D eigenvalue weighted by atomic mass is 32.1. The Balaban J connectivity index is 1.36. The van der Waals surface area contributed by atoms with Gasteiger partial charge in [0.2, 0.25) is 5.91 Å². The summed E-state index contributed by atoms with van der Waals surface area (Å²) < 4.78 is 4.96. The van der Waals surface area contributed by atoms with Crippen molar-refractivity contribution >= 4 is 34.0 Å². The number of carbonyl (C=O) groups is 3. The highest BCUT2D eigenvalue weighted by Gasteiger charge is 2.11. The quantitative estimate of drug-likeness (QED) is 0.203. The fourth-order valence-corrected chi connectivity index (χ4v) is 4.76. The van der Waals surface area contributed by atoms with Crippen LogP contribution in [0.4, 0.5) is 5.00 Å². The lowest BCUT2D eigenvalue weighted by molar-refractivity contribution is -0.142. The summed E-state index contributed by atoms with van der Waals surface area (Å²) in [6, 6.07) is 22.2. The molecular formula is C30H27NO5S. The first-order valence-corrected chi connectivity index (χ1v) is 12.8. The van der Waals surface area contributed by atoms with Crippen LogP contribution in [0, 0.1) is 0 Å². The molecule has 0 radical (unpaired) electrons. The second kappa shape index (κ2) is 11.7. The van der Waals surface area contributed by atoms with Gasteiger partial charge in [0.1, 0.15) is 5.75 Å². The van der Waals surface area contributed by atoms with E-state index in [0.717, 1.165) is 38.4 Å². The van der Waals surface area contributed by atoms with E-state index in [4.69, 9.17) is 4.74 Å². The second-order valence-corrected chi connectivity index (χ2v) is 9.50. The standard InChI is InChI=1S/C30H27NO5S/c1-3-36-30(35)15-21-6-4-20(5-7-21)14-28(34)31-29-17-25(18-37-29)23-10-8-22(9-11-23)24-12-13-26(19(2)32)27(33)16-24/h4-13,16-18,33H,3,14-15H2,1-2H3,(H,31,34). The topological polar surface area (TPSA) is 92.7 Å². The van der Waals surface area contributed by atoms with Crippen molar-refractivity contribution < 1.29 is 24.2 Å². The number of carbonyl (C=O) groups excluding carboxylic acids is 3.